The van der Waals surface area contributed by atoms with Crippen molar-refractivity contribution in [1.82, 2.24) is 14.9 Å². The fourth-order valence-corrected chi connectivity index (χ4v) is 2.73. The number of aryl methyl sites for hydroxylation is 2. The summed E-state index contributed by atoms with van der Waals surface area (Å²) in [6.45, 7) is 1.86. The molecule has 1 atom stereocenters. The van der Waals surface area contributed by atoms with Crippen molar-refractivity contribution in [3.63, 3.8) is 0 Å². The molecule has 0 saturated heterocycles. The molecule has 134 valence electrons. The monoisotopic (exact) mass is 351 g/mol. The standard InChI is InChI=1S/C20H21N3O3/c1-14-8-9-15(26-14)10-11-18(24)22-19(20-21-12-13-23(20)2)16-6-4-5-7-17(16)25-3/h4-13,19H,1-3H3,(H,22,24)/b11-10+. The van der Waals surface area contributed by atoms with Crippen molar-refractivity contribution in [2.24, 2.45) is 7.05 Å². The first kappa shape index (κ1) is 17.5. The largest absolute Gasteiger partial charge is 0.496 e. The quantitative estimate of drug-likeness (QED) is 0.692. The van der Waals surface area contributed by atoms with Gasteiger partial charge in [-0.1, -0.05) is 18.2 Å². The average Bonchev–Trinajstić information content (AvgIpc) is 3.26. The van der Waals surface area contributed by atoms with Crippen molar-refractivity contribution in [1.29, 1.82) is 0 Å². The molecule has 2 aromatic heterocycles. The van der Waals surface area contributed by atoms with Crippen LogP contribution in [0.2, 0.25) is 0 Å². The minimum Gasteiger partial charge on any atom is -0.496 e. The SMILES string of the molecule is COc1ccccc1C(NC(=O)/C=C/c1ccc(C)o1)c1nccn1C. The number of carbonyl (C=O) groups is 1. The highest BCUT2D eigenvalue weighted by Crippen LogP contribution is 2.29. The number of aromatic nitrogens is 2. The van der Waals surface area contributed by atoms with Gasteiger partial charge in [-0.15, -0.1) is 0 Å². The first-order valence-electron chi connectivity index (χ1n) is 8.23. The number of amides is 1. The van der Waals surface area contributed by atoms with Crippen LogP contribution < -0.4 is 10.1 Å². The summed E-state index contributed by atoms with van der Waals surface area (Å²) in [6, 6.07) is 10.8. The van der Waals surface area contributed by atoms with E-state index in [2.05, 4.69) is 10.3 Å². The molecule has 3 aromatic rings. The highest BCUT2D eigenvalue weighted by molar-refractivity contribution is 5.91. The molecule has 0 bridgehead atoms. The Hall–Kier alpha value is -3.28. The molecule has 0 fully saturated rings. The molecule has 0 saturated carbocycles. The normalized spacial score (nSPS) is 12.3. The van der Waals surface area contributed by atoms with E-state index < -0.39 is 6.04 Å². The van der Waals surface area contributed by atoms with Gasteiger partial charge in [0.25, 0.3) is 0 Å². The second-order valence-electron chi connectivity index (χ2n) is 5.86. The molecule has 26 heavy (non-hydrogen) atoms. The van der Waals surface area contributed by atoms with E-state index in [0.29, 0.717) is 17.3 Å². The van der Waals surface area contributed by atoms with Gasteiger partial charge < -0.3 is 19.0 Å². The molecule has 1 amide bonds. The lowest BCUT2D eigenvalue weighted by molar-refractivity contribution is -0.117. The van der Waals surface area contributed by atoms with Crippen molar-refractivity contribution in [2.75, 3.05) is 7.11 Å². The third kappa shape index (κ3) is 3.85. The fourth-order valence-electron chi connectivity index (χ4n) is 2.73. The predicted molar refractivity (Wildman–Crippen MR) is 98.7 cm³/mol. The molecule has 1 unspecified atom stereocenters. The first-order chi connectivity index (χ1) is 12.6. The van der Waals surface area contributed by atoms with Gasteiger partial charge in [-0.3, -0.25) is 4.79 Å². The molecule has 0 aliphatic heterocycles. The van der Waals surface area contributed by atoms with Crippen LogP contribution in [0.4, 0.5) is 0 Å². The lowest BCUT2D eigenvalue weighted by Gasteiger charge is -2.20. The summed E-state index contributed by atoms with van der Waals surface area (Å²) in [5.41, 5.74) is 0.833. The zero-order valence-electron chi connectivity index (χ0n) is 15.0. The van der Waals surface area contributed by atoms with Gasteiger partial charge in [0.05, 0.1) is 7.11 Å². The summed E-state index contributed by atoms with van der Waals surface area (Å²) in [6.07, 6.45) is 6.63. The molecule has 2 heterocycles. The topological polar surface area (TPSA) is 69.3 Å². The van der Waals surface area contributed by atoms with Crippen LogP contribution >= 0.6 is 0 Å². The summed E-state index contributed by atoms with van der Waals surface area (Å²) >= 11 is 0. The number of hydrogen-bond acceptors (Lipinski definition) is 4. The molecule has 0 aliphatic rings. The number of para-hydroxylation sites is 1. The molecule has 0 aliphatic carbocycles. The predicted octanol–water partition coefficient (Wildman–Crippen LogP) is 3.25. The number of furan rings is 1. The summed E-state index contributed by atoms with van der Waals surface area (Å²) in [5, 5.41) is 3.00. The van der Waals surface area contributed by atoms with Gasteiger partial charge >= 0.3 is 0 Å². The summed E-state index contributed by atoms with van der Waals surface area (Å²) in [4.78, 5) is 16.9. The average molecular weight is 351 g/mol. The molecule has 6 nitrogen and oxygen atoms in total. The Balaban J connectivity index is 1.88. The molecule has 0 radical (unpaired) electrons. The van der Waals surface area contributed by atoms with Gasteiger partial charge in [0.2, 0.25) is 5.91 Å². The second kappa shape index (κ2) is 7.74. The highest BCUT2D eigenvalue weighted by Gasteiger charge is 2.23. The Labute approximate surface area is 152 Å². The molecule has 1 aromatic carbocycles. The number of methoxy groups -OCH3 is 1. The van der Waals surface area contributed by atoms with Crippen LogP contribution in [0.1, 0.15) is 29.0 Å². The number of carbonyl (C=O) groups excluding carboxylic acids is 1. The lowest BCUT2D eigenvalue weighted by Crippen LogP contribution is -2.30. The summed E-state index contributed by atoms with van der Waals surface area (Å²) in [7, 11) is 3.49. The van der Waals surface area contributed by atoms with Gasteiger partial charge in [-0.05, 0) is 31.2 Å². The zero-order valence-corrected chi connectivity index (χ0v) is 15.0. The van der Waals surface area contributed by atoms with Crippen molar-refractivity contribution in [3.8, 4) is 5.75 Å². The maximum absolute atomic E-state index is 12.5. The Morgan fingerprint density at radius 2 is 2.12 bits per heavy atom. The number of imidazole rings is 1. The molecule has 6 heteroatoms. The number of hydrogen-bond donors (Lipinski definition) is 1. The van der Waals surface area contributed by atoms with Gasteiger partial charge in [-0.2, -0.15) is 0 Å². The Morgan fingerprint density at radius 3 is 2.77 bits per heavy atom. The van der Waals surface area contributed by atoms with Crippen LogP contribution in [0.3, 0.4) is 0 Å². The third-order valence-electron chi connectivity index (χ3n) is 4.01. The first-order valence-corrected chi connectivity index (χ1v) is 8.23. The Kier molecular flexibility index (Phi) is 5.22. The number of ether oxygens (including phenoxy) is 1. The Morgan fingerprint density at radius 1 is 1.31 bits per heavy atom. The van der Waals surface area contributed by atoms with Gasteiger partial charge in [-0.25, -0.2) is 4.98 Å². The maximum Gasteiger partial charge on any atom is 0.244 e. The van der Waals surface area contributed by atoms with Crippen molar-refractivity contribution < 1.29 is 13.9 Å². The second-order valence-corrected chi connectivity index (χ2v) is 5.86. The number of benzene rings is 1. The van der Waals surface area contributed by atoms with Gasteiger partial charge in [0.1, 0.15) is 29.1 Å². The lowest BCUT2D eigenvalue weighted by atomic mass is 10.0. The number of rotatable bonds is 6. The highest BCUT2D eigenvalue weighted by atomic mass is 16.5. The van der Waals surface area contributed by atoms with E-state index in [-0.39, 0.29) is 5.91 Å². The van der Waals surface area contributed by atoms with E-state index in [1.807, 2.05) is 61.1 Å². The van der Waals surface area contributed by atoms with E-state index >= 15 is 0 Å². The smallest absolute Gasteiger partial charge is 0.244 e. The molecular weight excluding hydrogens is 330 g/mol. The van der Waals surface area contributed by atoms with E-state index in [1.165, 1.54) is 6.08 Å². The van der Waals surface area contributed by atoms with E-state index in [1.54, 1.807) is 19.4 Å². The van der Waals surface area contributed by atoms with Crippen LogP contribution in [0.15, 0.2) is 59.3 Å². The molecule has 0 spiro atoms. The van der Waals surface area contributed by atoms with E-state index in [0.717, 1.165) is 11.3 Å². The van der Waals surface area contributed by atoms with E-state index in [4.69, 9.17) is 9.15 Å². The van der Waals surface area contributed by atoms with Crippen LogP contribution in [0.25, 0.3) is 6.08 Å². The van der Waals surface area contributed by atoms with E-state index in [9.17, 15) is 4.79 Å². The molecule has 3 rings (SSSR count). The number of nitrogens with one attached hydrogen (secondary N) is 1. The third-order valence-corrected chi connectivity index (χ3v) is 4.01. The minimum atomic E-state index is -0.443. The van der Waals surface area contributed by atoms with Crippen LogP contribution in [0, 0.1) is 6.92 Å². The van der Waals surface area contributed by atoms with Gasteiger partial charge in [0, 0.05) is 31.1 Å². The van der Waals surface area contributed by atoms with Crippen molar-refractivity contribution in [2.45, 2.75) is 13.0 Å². The minimum absolute atomic E-state index is 0.252. The Bertz CT molecular complexity index is 924. The summed E-state index contributed by atoms with van der Waals surface area (Å²) < 4.78 is 12.8. The fraction of sp³-hybridized carbons (Fsp3) is 0.200. The van der Waals surface area contributed by atoms with Crippen LogP contribution in [0.5, 0.6) is 5.75 Å². The maximum atomic E-state index is 12.5. The molecule has 1 N–H and O–H groups in total. The number of nitrogens with zero attached hydrogens (tertiary/aromatic N) is 2. The van der Waals surface area contributed by atoms with Crippen molar-refractivity contribution in [3.05, 3.63) is 77.8 Å². The van der Waals surface area contributed by atoms with Crippen LogP contribution in [-0.2, 0) is 11.8 Å². The van der Waals surface area contributed by atoms with Crippen molar-refractivity contribution >= 4 is 12.0 Å². The van der Waals surface area contributed by atoms with Gasteiger partial charge in [0.15, 0.2) is 0 Å². The van der Waals surface area contributed by atoms with Crippen LogP contribution in [-0.4, -0.2) is 22.6 Å². The zero-order chi connectivity index (χ0) is 18.5. The molecular formula is C20H21N3O3. The summed E-state index contributed by atoms with van der Waals surface area (Å²) in [5.74, 6) is 2.57.